The Morgan fingerprint density at radius 3 is 2.96 bits per heavy atom. The minimum Gasteiger partial charge on any atom is -0.446 e. The van der Waals surface area contributed by atoms with Gasteiger partial charge >= 0.3 is 6.09 Å². The van der Waals surface area contributed by atoms with Crippen molar-refractivity contribution in [3.63, 3.8) is 0 Å². The number of aromatic nitrogens is 2. The Balaban J connectivity index is 1.42. The van der Waals surface area contributed by atoms with Gasteiger partial charge in [0.15, 0.2) is 0 Å². The molecule has 1 aliphatic heterocycles. The normalized spacial score (nSPS) is 19.3. The first-order valence-electron chi connectivity index (χ1n) is 8.88. The second kappa shape index (κ2) is 6.67. The van der Waals surface area contributed by atoms with E-state index in [0.717, 1.165) is 30.3 Å². The van der Waals surface area contributed by atoms with Crippen molar-refractivity contribution in [1.82, 2.24) is 14.9 Å². The van der Waals surface area contributed by atoms with Crippen LogP contribution in [0.2, 0.25) is 0 Å². The Bertz CT molecular complexity index is 759. The molecule has 0 saturated heterocycles. The molecule has 2 aromatic heterocycles. The average molecular weight is 325 g/mol. The topological polar surface area (TPSA) is 58.2 Å². The first kappa shape index (κ1) is 15.2. The molecule has 1 fully saturated rings. The number of nitrogens with zero attached hydrogens (tertiary/aromatic N) is 2. The molecule has 2 aromatic rings. The molecule has 0 atom stereocenters. The molecule has 0 radical (unpaired) electrons. The van der Waals surface area contributed by atoms with Crippen LogP contribution in [-0.2, 0) is 4.74 Å². The van der Waals surface area contributed by atoms with Gasteiger partial charge in [-0.05, 0) is 49.8 Å². The first-order valence-corrected chi connectivity index (χ1v) is 8.88. The fourth-order valence-electron chi connectivity index (χ4n) is 3.70. The van der Waals surface area contributed by atoms with Gasteiger partial charge in [0, 0.05) is 36.4 Å². The highest BCUT2D eigenvalue weighted by molar-refractivity contribution is 5.91. The molecule has 0 bridgehead atoms. The molecule has 5 nitrogen and oxygen atoms in total. The minimum atomic E-state index is -0.155. The van der Waals surface area contributed by atoms with E-state index in [0.29, 0.717) is 13.1 Å². The zero-order valence-corrected chi connectivity index (χ0v) is 13.8. The maximum Gasteiger partial charge on any atom is 0.410 e. The van der Waals surface area contributed by atoms with E-state index in [-0.39, 0.29) is 12.2 Å². The van der Waals surface area contributed by atoms with Crippen molar-refractivity contribution in [1.29, 1.82) is 0 Å². The van der Waals surface area contributed by atoms with Crippen LogP contribution >= 0.6 is 0 Å². The maximum atomic E-state index is 12.3. The summed E-state index contributed by atoms with van der Waals surface area (Å²) in [4.78, 5) is 21.7. The number of H-pyrrole nitrogens is 1. The van der Waals surface area contributed by atoms with Crippen LogP contribution in [-0.4, -0.2) is 40.2 Å². The van der Waals surface area contributed by atoms with Crippen LogP contribution in [0.3, 0.4) is 0 Å². The molecule has 1 N–H and O–H groups in total. The molecular weight excluding hydrogens is 302 g/mol. The fraction of sp³-hybridized carbons (Fsp3) is 0.474. The van der Waals surface area contributed by atoms with Crippen molar-refractivity contribution in [2.24, 2.45) is 0 Å². The minimum absolute atomic E-state index is 0.122. The summed E-state index contributed by atoms with van der Waals surface area (Å²) >= 11 is 0. The van der Waals surface area contributed by atoms with E-state index in [9.17, 15) is 4.79 Å². The van der Waals surface area contributed by atoms with Crippen molar-refractivity contribution in [3.05, 3.63) is 36.2 Å². The van der Waals surface area contributed by atoms with Gasteiger partial charge in [-0.1, -0.05) is 12.5 Å². The molecule has 1 aliphatic carbocycles. The van der Waals surface area contributed by atoms with Crippen molar-refractivity contribution in [2.75, 3.05) is 13.1 Å². The Hall–Kier alpha value is -2.30. The summed E-state index contributed by atoms with van der Waals surface area (Å²) < 4.78 is 5.67. The molecule has 3 heterocycles. The van der Waals surface area contributed by atoms with E-state index >= 15 is 0 Å². The van der Waals surface area contributed by atoms with Gasteiger partial charge in [0.05, 0.1) is 0 Å². The highest BCUT2D eigenvalue weighted by atomic mass is 16.6. The van der Waals surface area contributed by atoms with E-state index in [1.54, 1.807) is 6.20 Å². The third-order valence-corrected chi connectivity index (χ3v) is 5.08. The smallest absolute Gasteiger partial charge is 0.410 e. The van der Waals surface area contributed by atoms with Crippen molar-refractivity contribution in [2.45, 2.75) is 44.6 Å². The van der Waals surface area contributed by atoms with Crippen LogP contribution in [0.25, 0.3) is 16.6 Å². The lowest BCUT2D eigenvalue weighted by Crippen LogP contribution is -2.37. The van der Waals surface area contributed by atoms with Crippen LogP contribution in [0.5, 0.6) is 0 Å². The molecule has 5 heteroatoms. The Morgan fingerprint density at radius 1 is 1.29 bits per heavy atom. The highest BCUT2D eigenvalue weighted by Gasteiger charge is 2.24. The van der Waals surface area contributed by atoms with E-state index in [4.69, 9.17) is 4.74 Å². The highest BCUT2D eigenvalue weighted by Crippen LogP contribution is 2.29. The summed E-state index contributed by atoms with van der Waals surface area (Å²) in [5, 5.41) is 1.14. The number of ether oxygens (including phenoxy) is 1. The standard InChI is InChI=1S/C19H23N3O2/c23-19(24-15-5-2-1-3-6-15)22-11-8-14(9-12-22)17-13-21-18-16(17)7-4-10-20-18/h4,7-8,10,13,15H,1-3,5-6,9,11-12H2,(H,20,21). The second-order valence-corrected chi connectivity index (χ2v) is 6.67. The molecule has 0 unspecified atom stereocenters. The number of nitrogens with one attached hydrogen (secondary N) is 1. The van der Waals surface area contributed by atoms with Crippen molar-refractivity contribution in [3.8, 4) is 0 Å². The van der Waals surface area contributed by atoms with Gasteiger partial charge < -0.3 is 14.6 Å². The summed E-state index contributed by atoms with van der Waals surface area (Å²) in [6.07, 6.45) is 12.4. The molecule has 2 aliphatic rings. The lowest BCUT2D eigenvalue weighted by molar-refractivity contribution is 0.0481. The maximum absolute atomic E-state index is 12.3. The molecular formula is C19H23N3O2. The van der Waals surface area contributed by atoms with Crippen LogP contribution in [0.4, 0.5) is 4.79 Å². The quantitative estimate of drug-likeness (QED) is 0.903. The Kier molecular flexibility index (Phi) is 4.24. The summed E-state index contributed by atoms with van der Waals surface area (Å²) in [6.45, 7) is 1.33. The van der Waals surface area contributed by atoms with Crippen LogP contribution in [0, 0.1) is 0 Å². The number of hydrogen-bond donors (Lipinski definition) is 1. The zero-order valence-electron chi connectivity index (χ0n) is 13.8. The molecule has 24 heavy (non-hydrogen) atoms. The van der Waals surface area contributed by atoms with Gasteiger partial charge in [-0.25, -0.2) is 9.78 Å². The van der Waals surface area contributed by atoms with E-state index in [2.05, 4.69) is 22.1 Å². The van der Waals surface area contributed by atoms with Crippen LogP contribution in [0.1, 0.15) is 44.1 Å². The molecule has 1 saturated carbocycles. The zero-order chi connectivity index (χ0) is 16.4. The third kappa shape index (κ3) is 3.03. The predicted molar refractivity (Wildman–Crippen MR) is 93.6 cm³/mol. The lowest BCUT2D eigenvalue weighted by atomic mass is 9.98. The number of carbonyl (C=O) groups is 1. The van der Waals surface area contributed by atoms with Gasteiger partial charge in [0.25, 0.3) is 0 Å². The molecule has 126 valence electrons. The van der Waals surface area contributed by atoms with Gasteiger partial charge in [0.1, 0.15) is 11.8 Å². The SMILES string of the molecule is O=C(OC1CCCCC1)N1CC=C(c2c[nH]c3ncccc23)CC1. The second-order valence-electron chi connectivity index (χ2n) is 6.67. The average Bonchev–Trinajstić information content (AvgIpc) is 3.07. The number of carbonyl (C=O) groups excluding carboxylic acids is 1. The monoisotopic (exact) mass is 325 g/mol. The summed E-state index contributed by atoms with van der Waals surface area (Å²) in [7, 11) is 0. The van der Waals surface area contributed by atoms with Gasteiger partial charge in [-0.2, -0.15) is 0 Å². The number of fused-ring (bicyclic) bond motifs is 1. The van der Waals surface area contributed by atoms with Crippen molar-refractivity contribution < 1.29 is 9.53 Å². The van der Waals surface area contributed by atoms with Crippen LogP contribution < -0.4 is 0 Å². The summed E-state index contributed by atoms with van der Waals surface area (Å²) in [6, 6.07) is 4.04. The first-order chi connectivity index (χ1) is 11.8. The molecule has 4 rings (SSSR count). The van der Waals surface area contributed by atoms with E-state index < -0.39 is 0 Å². The van der Waals surface area contributed by atoms with Gasteiger partial charge in [-0.3, -0.25) is 0 Å². The molecule has 0 spiro atoms. The fourth-order valence-corrected chi connectivity index (χ4v) is 3.70. The van der Waals surface area contributed by atoms with Crippen molar-refractivity contribution >= 4 is 22.7 Å². The largest absolute Gasteiger partial charge is 0.446 e. The number of rotatable bonds is 2. The van der Waals surface area contributed by atoms with Gasteiger partial charge in [-0.15, -0.1) is 0 Å². The number of pyridine rings is 1. The number of amides is 1. The van der Waals surface area contributed by atoms with E-state index in [1.165, 1.54) is 30.4 Å². The number of hydrogen-bond acceptors (Lipinski definition) is 3. The summed E-state index contributed by atoms with van der Waals surface area (Å²) in [5.41, 5.74) is 3.38. The lowest BCUT2D eigenvalue weighted by Gasteiger charge is -2.29. The Morgan fingerprint density at radius 2 is 2.17 bits per heavy atom. The number of aromatic amines is 1. The van der Waals surface area contributed by atoms with Crippen LogP contribution in [0.15, 0.2) is 30.6 Å². The molecule has 0 aromatic carbocycles. The summed E-state index contributed by atoms with van der Waals surface area (Å²) in [5.74, 6) is 0. The predicted octanol–water partition coefficient (Wildman–Crippen LogP) is 4.12. The molecule has 1 amide bonds. The third-order valence-electron chi connectivity index (χ3n) is 5.08. The Labute approximate surface area is 141 Å². The van der Waals surface area contributed by atoms with E-state index in [1.807, 2.05) is 17.2 Å². The van der Waals surface area contributed by atoms with Gasteiger partial charge in [0.2, 0.25) is 0 Å².